The topological polar surface area (TPSA) is 90.5 Å². The second-order valence-electron chi connectivity index (χ2n) is 3.40. The van der Waals surface area contributed by atoms with Crippen LogP contribution in [0.15, 0.2) is 24.3 Å². The van der Waals surface area contributed by atoms with E-state index in [4.69, 9.17) is 23.3 Å². The number of hydrogen-bond donors (Lipinski definition) is 3. The summed E-state index contributed by atoms with van der Waals surface area (Å²) in [4.78, 5) is 6.69. The molecular weight excluding hydrogens is 253 g/mol. The maximum absolute atomic E-state index is 12.9. The Hall–Kier alpha value is -2.30. The lowest BCUT2D eigenvalue weighted by atomic mass is 10.1. The Morgan fingerprint density at radius 1 is 1.39 bits per heavy atom. The molecule has 0 unspecified atom stereocenters. The molecule has 4 N–H and O–H groups in total. The number of H-pyrrole nitrogens is 1. The first-order valence-corrected chi connectivity index (χ1v) is 5.33. The largest absolute Gasteiger partial charge is 0.329 e. The number of nitrogens with two attached hydrogens (primary N) is 1. The van der Waals surface area contributed by atoms with E-state index in [1.54, 1.807) is 0 Å². The summed E-state index contributed by atoms with van der Waals surface area (Å²) in [5, 5.41) is 9.12. The lowest BCUT2D eigenvalue weighted by molar-refractivity contribution is 0.628. The molecule has 1 aromatic carbocycles. The van der Waals surface area contributed by atoms with Crippen molar-refractivity contribution >= 4 is 18.0 Å². The average molecular weight is 261 g/mol. The fourth-order valence-electron chi connectivity index (χ4n) is 1.52. The van der Waals surface area contributed by atoms with Gasteiger partial charge in [0.2, 0.25) is 0 Å². The van der Waals surface area contributed by atoms with E-state index in [-0.39, 0.29) is 22.0 Å². The Morgan fingerprint density at radius 3 is 2.61 bits per heavy atom. The van der Waals surface area contributed by atoms with Gasteiger partial charge in [-0.2, -0.15) is 5.26 Å². The standard InChI is InChI=1S/C11H8FN5S/c12-7-3-1-6(2-4-7)9-8(5-13)10(17-14)16-11(18)15-9/h1-4H,14H2,(H2,15,16,17,18). The smallest absolute Gasteiger partial charge is 0.199 e. The highest BCUT2D eigenvalue weighted by Gasteiger charge is 2.12. The first-order valence-electron chi connectivity index (χ1n) is 4.92. The third kappa shape index (κ3) is 2.20. The Kier molecular flexibility index (Phi) is 3.32. The second-order valence-corrected chi connectivity index (χ2v) is 3.79. The zero-order valence-corrected chi connectivity index (χ0v) is 9.88. The van der Waals surface area contributed by atoms with Gasteiger partial charge in [0.15, 0.2) is 10.6 Å². The van der Waals surface area contributed by atoms with Gasteiger partial charge >= 0.3 is 0 Å². The molecule has 7 heteroatoms. The number of nitrogens with zero attached hydrogens (tertiary/aromatic N) is 2. The van der Waals surface area contributed by atoms with Gasteiger partial charge in [0.25, 0.3) is 0 Å². The van der Waals surface area contributed by atoms with Gasteiger partial charge in [-0.3, -0.25) is 0 Å². The Bertz CT molecular complexity index is 671. The minimum absolute atomic E-state index is 0.181. The van der Waals surface area contributed by atoms with Crippen molar-refractivity contribution in [3.05, 3.63) is 40.4 Å². The molecule has 0 aliphatic rings. The van der Waals surface area contributed by atoms with Gasteiger partial charge < -0.3 is 10.4 Å². The van der Waals surface area contributed by atoms with E-state index in [0.29, 0.717) is 11.3 Å². The highest BCUT2D eigenvalue weighted by Crippen LogP contribution is 2.24. The normalized spacial score (nSPS) is 9.83. The van der Waals surface area contributed by atoms with Gasteiger partial charge in [0.1, 0.15) is 17.4 Å². The maximum Gasteiger partial charge on any atom is 0.199 e. The van der Waals surface area contributed by atoms with Crippen LogP contribution in [-0.4, -0.2) is 9.97 Å². The number of aromatic amines is 1. The van der Waals surface area contributed by atoms with Crippen molar-refractivity contribution < 1.29 is 4.39 Å². The number of nitrogens with one attached hydrogen (secondary N) is 2. The molecule has 0 atom stereocenters. The minimum Gasteiger partial charge on any atom is -0.329 e. The van der Waals surface area contributed by atoms with Crippen LogP contribution < -0.4 is 11.3 Å². The molecule has 0 aliphatic heterocycles. The first kappa shape index (κ1) is 12.2. The van der Waals surface area contributed by atoms with Crippen molar-refractivity contribution in [3.63, 3.8) is 0 Å². The summed E-state index contributed by atoms with van der Waals surface area (Å²) in [6.45, 7) is 0. The van der Waals surface area contributed by atoms with Crippen molar-refractivity contribution in [2.24, 2.45) is 5.84 Å². The van der Waals surface area contributed by atoms with Gasteiger partial charge in [0, 0.05) is 0 Å². The van der Waals surface area contributed by atoms with Gasteiger partial charge in [-0.25, -0.2) is 15.2 Å². The molecule has 0 saturated heterocycles. The van der Waals surface area contributed by atoms with Crippen LogP contribution in [0, 0.1) is 21.9 Å². The van der Waals surface area contributed by atoms with E-state index in [0.717, 1.165) is 0 Å². The molecule has 90 valence electrons. The van der Waals surface area contributed by atoms with Crippen LogP contribution in [0.4, 0.5) is 10.2 Å². The molecule has 1 aromatic heterocycles. The second kappa shape index (κ2) is 4.91. The number of nitriles is 1. The minimum atomic E-state index is -0.359. The van der Waals surface area contributed by atoms with E-state index in [1.165, 1.54) is 24.3 Å². The molecule has 0 bridgehead atoms. The molecule has 2 aromatic rings. The molecule has 0 saturated carbocycles. The first-order chi connectivity index (χ1) is 8.65. The number of nitrogen functional groups attached to an aromatic ring is 1. The molecule has 0 aliphatic carbocycles. The van der Waals surface area contributed by atoms with Crippen molar-refractivity contribution in [1.29, 1.82) is 5.26 Å². The number of aromatic nitrogens is 2. The molecule has 0 radical (unpaired) electrons. The molecular formula is C11H8FN5S. The van der Waals surface area contributed by atoms with Crippen molar-refractivity contribution in [2.75, 3.05) is 5.43 Å². The van der Waals surface area contributed by atoms with Crippen LogP contribution in [0.3, 0.4) is 0 Å². The summed E-state index contributed by atoms with van der Waals surface area (Å²) in [6.07, 6.45) is 0. The molecule has 1 heterocycles. The number of rotatable bonds is 2. The Labute approximate surface area is 107 Å². The van der Waals surface area contributed by atoms with Crippen molar-refractivity contribution in [2.45, 2.75) is 0 Å². The SMILES string of the molecule is N#Cc1c(NN)nc(=S)[nH]c1-c1ccc(F)cc1. The van der Waals surface area contributed by atoms with Gasteiger partial charge in [-0.15, -0.1) is 0 Å². The van der Waals surface area contributed by atoms with Crippen LogP contribution in [-0.2, 0) is 0 Å². The summed E-state index contributed by atoms with van der Waals surface area (Å²) < 4.78 is 13.1. The molecule has 18 heavy (non-hydrogen) atoms. The summed E-state index contributed by atoms with van der Waals surface area (Å²) in [7, 11) is 0. The van der Waals surface area contributed by atoms with Gasteiger partial charge in [-0.1, -0.05) is 0 Å². The highest BCUT2D eigenvalue weighted by molar-refractivity contribution is 7.71. The summed E-state index contributed by atoms with van der Waals surface area (Å²) in [5.41, 5.74) is 3.61. The number of halogens is 1. The number of hydrazine groups is 1. The molecule has 0 spiro atoms. The summed E-state index contributed by atoms with van der Waals surface area (Å²) in [5.74, 6) is 5.10. The van der Waals surface area contributed by atoms with Crippen molar-refractivity contribution in [1.82, 2.24) is 9.97 Å². The van der Waals surface area contributed by atoms with Crippen LogP contribution in [0.1, 0.15) is 5.56 Å². The fraction of sp³-hybridized carbons (Fsp3) is 0. The molecule has 0 fully saturated rings. The molecule has 5 nitrogen and oxygen atoms in total. The van der Waals surface area contributed by atoms with Crippen LogP contribution >= 0.6 is 12.2 Å². The maximum atomic E-state index is 12.9. The van der Waals surface area contributed by atoms with E-state index in [2.05, 4.69) is 15.4 Å². The Morgan fingerprint density at radius 2 is 2.06 bits per heavy atom. The zero-order valence-electron chi connectivity index (χ0n) is 9.07. The van der Waals surface area contributed by atoms with E-state index >= 15 is 0 Å². The lowest BCUT2D eigenvalue weighted by Crippen LogP contribution is -2.12. The van der Waals surface area contributed by atoms with Crippen molar-refractivity contribution in [3.8, 4) is 17.3 Å². The number of hydrogen-bond acceptors (Lipinski definition) is 5. The third-order valence-corrected chi connectivity index (χ3v) is 2.51. The van der Waals surface area contributed by atoms with E-state index < -0.39 is 0 Å². The van der Waals surface area contributed by atoms with E-state index in [9.17, 15) is 4.39 Å². The highest BCUT2D eigenvalue weighted by atomic mass is 32.1. The van der Waals surface area contributed by atoms with E-state index in [1.807, 2.05) is 6.07 Å². The average Bonchev–Trinajstić information content (AvgIpc) is 2.38. The lowest BCUT2D eigenvalue weighted by Gasteiger charge is -2.08. The number of anilines is 1. The third-order valence-electron chi connectivity index (χ3n) is 2.31. The quantitative estimate of drug-likeness (QED) is 0.437. The van der Waals surface area contributed by atoms with Crippen LogP contribution in [0.5, 0.6) is 0 Å². The van der Waals surface area contributed by atoms with Gasteiger partial charge in [0.05, 0.1) is 5.69 Å². The number of benzene rings is 1. The summed E-state index contributed by atoms with van der Waals surface area (Å²) in [6, 6.07) is 7.65. The predicted molar refractivity (Wildman–Crippen MR) is 67.3 cm³/mol. The van der Waals surface area contributed by atoms with Crippen LogP contribution in [0.25, 0.3) is 11.3 Å². The predicted octanol–water partition coefficient (Wildman–Crippen LogP) is 2.10. The monoisotopic (exact) mass is 261 g/mol. The summed E-state index contributed by atoms with van der Waals surface area (Å²) >= 11 is 4.94. The Balaban J connectivity index is 2.71. The zero-order chi connectivity index (χ0) is 13.1. The molecule has 2 rings (SSSR count). The molecule has 0 amide bonds. The fourth-order valence-corrected chi connectivity index (χ4v) is 1.71. The van der Waals surface area contributed by atoms with Crippen LogP contribution in [0.2, 0.25) is 0 Å². The van der Waals surface area contributed by atoms with Gasteiger partial charge in [-0.05, 0) is 42.0 Å².